The van der Waals surface area contributed by atoms with Crippen LogP contribution >= 0.6 is 0 Å². The molecule has 0 saturated heterocycles. The van der Waals surface area contributed by atoms with Crippen LogP contribution in [0.5, 0.6) is 0 Å². The largest absolute Gasteiger partial charge is 0.338 e. The van der Waals surface area contributed by atoms with Gasteiger partial charge in [-0.1, -0.05) is 5.92 Å². The first-order valence-electron chi connectivity index (χ1n) is 8.35. The molecule has 5 N–H and O–H groups in total. The van der Waals surface area contributed by atoms with Crippen LogP contribution < -0.4 is 16.5 Å². The third-order valence-corrected chi connectivity index (χ3v) is 3.72. The van der Waals surface area contributed by atoms with E-state index >= 15 is 0 Å². The van der Waals surface area contributed by atoms with Crippen LogP contribution in [0.3, 0.4) is 0 Å². The quantitative estimate of drug-likeness (QED) is 0.343. The molecule has 1 atom stereocenters. The van der Waals surface area contributed by atoms with Crippen molar-refractivity contribution in [2.45, 2.75) is 25.4 Å². The number of aromatic nitrogens is 2. The molecule has 1 heterocycles. The minimum absolute atomic E-state index is 0.326. The van der Waals surface area contributed by atoms with Gasteiger partial charge in [-0.15, -0.1) is 0 Å². The lowest BCUT2D eigenvalue weighted by molar-refractivity contribution is -0.132. The first-order chi connectivity index (χ1) is 13.2. The summed E-state index contributed by atoms with van der Waals surface area (Å²) >= 11 is 0. The highest BCUT2D eigenvalue weighted by Gasteiger charge is 2.33. The summed E-state index contributed by atoms with van der Waals surface area (Å²) in [7, 11) is 1.81. The van der Waals surface area contributed by atoms with Crippen molar-refractivity contribution in [2.24, 2.45) is 12.8 Å². The predicted molar refractivity (Wildman–Crippen MR) is 103 cm³/mol. The van der Waals surface area contributed by atoms with E-state index in [1.54, 1.807) is 55.2 Å². The van der Waals surface area contributed by atoms with Crippen LogP contribution in [0.4, 0.5) is 0 Å². The number of carbonyl (C=O) groups is 2. The van der Waals surface area contributed by atoms with E-state index in [-0.39, 0.29) is 0 Å². The molecule has 0 aliphatic carbocycles. The molecule has 0 aliphatic rings. The molecule has 0 fully saturated rings. The standard InChI is InChI=1S/C20H21N5O3/c1-20(2,21)17(19(27)24-28)23-18(26)16-10-8-14(9-11-16)6-4-5-7-15-12-22-25(3)13-15/h8-13,17,28H,21H2,1-3H3,(H,23,26)(H,24,27)/t17-/m1/s1. The molecule has 0 bridgehead atoms. The smallest absolute Gasteiger partial charge is 0.267 e. The zero-order valence-electron chi connectivity index (χ0n) is 15.8. The van der Waals surface area contributed by atoms with Gasteiger partial charge in [-0.2, -0.15) is 5.10 Å². The van der Waals surface area contributed by atoms with Crippen LogP contribution in [0.1, 0.15) is 35.3 Å². The van der Waals surface area contributed by atoms with Crippen molar-refractivity contribution in [1.29, 1.82) is 0 Å². The van der Waals surface area contributed by atoms with E-state index < -0.39 is 23.4 Å². The average Bonchev–Trinajstić information content (AvgIpc) is 3.07. The number of hydroxylamine groups is 1. The van der Waals surface area contributed by atoms with Crippen molar-refractivity contribution in [2.75, 3.05) is 0 Å². The monoisotopic (exact) mass is 379 g/mol. The van der Waals surface area contributed by atoms with Gasteiger partial charge < -0.3 is 11.1 Å². The minimum Gasteiger partial charge on any atom is -0.338 e. The van der Waals surface area contributed by atoms with Crippen molar-refractivity contribution in [3.05, 3.63) is 53.3 Å². The lowest BCUT2D eigenvalue weighted by atomic mass is 9.95. The van der Waals surface area contributed by atoms with E-state index in [1.807, 2.05) is 7.05 Å². The average molecular weight is 379 g/mol. The second-order valence-corrected chi connectivity index (χ2v) is 6.68. The number of nitrogens with one attached hydrogen (secondary N) is 2. The normalized spacial score (nSPS) is 11.3. The van der Waals surface area contributed by atoms with E-state index in [0.29, 0.717) is 11.1 Å². The van der Waals surface area contributed by atoms with Crippen LogP contribution in [0, 0.1) is 23.7 Å². The fourth-order valence-electron chi connectivity index (χ4n) is 2.27. The van der Waals surface area contributed by atoms with E-state index in [9.17, 15) is 9.59 Å². The molecule has 0 saturated carbocycles. The first-order valence-corrected chi connectivity index (χ1v) is 8.35. The van der Waals surface area contributed by atoms with Gasteiger partial charge in [-0.3, -0.25) is 19.5 Å². The Morgan fingerprint density at radius 3 is 2.29 bits per heavy atom. The summed E-state index contributed by atoms with van der Waals surface area (Å²) in [4.78, 5) is 24.1. The third-order valence-electron chi connectivity index (χ3n) is 3.72. The number of aryl methyl sites for hydroxylation is 1. The molecular formula is C20H21N5O3. The summed E-state index contributed by atoms with van der Waals surface area (Å²) in [6.45, 7) is 3.14. The maximum Gasteiger partial charge on any atom is 0.267 e. The SMILES string of the molecule is Cn1cc(C#CC#Cc2ccc(C(=O)N[C@H](C(=O)NO)C(C)(C)N)cc2)cn1. The van der Waals surface area contributed by atoms with Crippen LogP contribution in [0.25, 0.3) is 0 Å². The number of benzene rings is 1. The molecule has 2 amide bonds. The van der Waals surface area contributed by atoms with Crippen molar-refractivity contribution in [1.82, 2.24) is 20.6 Å². The molecule has 2 rings (SSSR count). The Hall–Kier alpha value is -3.59. The van der Waals surface area contributed by atoms with E-state index in [4.69, 9.17) is 10.9 Å². The Labute approximate surface area is 163 Å². The molecular weight excluding hydrogens is 358 g/mol. The summed E-state index contributed by atoms with van der Waals surface area (Å²) in [5.41, 5.74) is 8.11. The van der Waals surface area contributed by atoms with Crippen molar-refractivity contribution >= 4 is 11.8 Å². The molecule has 8 heteroatoms. The maximum atomic E-state index is 12.4. The van der Waals surface area contributed by atoms with Gasteiger partial charge in [-0.05, 0) is 55.9 Å². The van der Waals surface area contributed by atoms with Gasteiger partial charge in [0.25, 0.3) is 11.8 Å². The molecule has 0 unspecified atom stereocenters. The Kier molecular flexibility index (Phi) is 6.56. The van der Waals surface area contributed by atoms with Gasteiger partial charge in [0.05, 0.1) is 11.8 Å². The molecule has 2 aromatic rings. The molecule has 28 heavy (non-hydrogen) atoms. The van der Waals surface area contributed by atoms with E-state index in [2.05, 4.69) is 34.1 Å². The highest BCUT2D eigenvalue weighted by atomic mass is 16.5. The molecule has 144 valence electrons. The van der Waals surface area contributed by atoms with Crippen LogP contribution in [-0.4, -0.2) is 38.4 Å². The lowest BCUT2D eigenvalue weighted by Crippen LogP contribution is -2.61. The summed E-state index contributed by atoms with van der Waals surface area (Å²) in [6, 6.07) is 5.38. The molecule has 0 aliphatic heterocycles. The van der Waals surface area contributed by atoms with Crippen molar-refractivity contribution < 1.29 is 14.8 Å². The number of amides is 2. The van der Waals surface area contributed by atoms with Crippen LogP contribution in [-0.2, 0) is 11.8 Å². The second kappa shape index (κ2) is 8.87. The number of carbonyl (C=O) groups excluding carboxylic acids is 2. The fourth-order valence-corrected chi connectivity index (χ4v) is 2.27. The maximum absolute atomic E-state index is 12.4. The zero-order valence-corrected chi connectivity index (χ0v) is 15.8. The minimum atomic E-state index is -1.10. The highest BCUT2D eigenvalue weighted by Crippen LogP contribution is 2.09. The zero-order chi connectivity index (χ0) is 20.7. The van der Waals surface area contributed by atoms with Gasteiger partial charge in [-0.25, -0.2) is 5.48 Å². The predicted octanol–water partition coefficient (Wildman–Crippen LogP) is 0.164. The van der Waals surface area contributed by atoms with E-state index in [1.165, 1.54) is 5.48 Å². The first kappa shape index (κ1) is 20.7. The van der Waals surface area contributed by atoms with Gasteiger partial charge >= 0.3 is 0 Å². The lowest BCUT2D eigenvalue weighted by Gasteiger charge is -2.29. The Morgan fingerprint density at radius 1 is 1.18 bits per heavy atom. The van der Waals surface area contributed by atoms with Crippen molar-refractivity contribution in [3.8, 4) is 23.7 Å². The number of rotatable bonds is 4. The highest BCUT2D eigenvalue weighted by molar-refractivity contribution is 5.97. The molecule has 0 spiro atoms. The van der Waals surface area contributed by atoms with E-state index in [0.717, 1.165) is 5.56 Å². The molecule has 8 nitrogen and oxygen atoms in total. The van der Waals surface area contributed by atoms with Crippen LogP contribution in [0.15, 0.2) is 36.7 Å². The molecule has 1 aromatic carbocycles. The topological polar surface area (TPSA) is 122 Å². The van der Waals surface area contributed by atoms with Gasteiger partial charge in [0.1, 0.15) is 6.04 Å². The fraction of sp³-hybridized carbons (Fsp3) is 0.250. The Bertz CT molecular complexity index is 979. The number of hydrogen-bond acceptors (Lipinski definition) is 5. The number of nitrogens with zero attached hydrogens (tertiary/aromatic N) is 2. The summed E-state index contributed by atoms with van der Waals surface area (Å²) in [5.74, 6) is 9.94. The molecule has 1 aromatic heterocycles. The number of nitrogens with two attached hydrogens (primary N) is 1. The third kappa shape index (κ3) is 5.71. The second-order valence-electron chi connectivity index (χ2n) is 6.68. The van der Waals surface area contributed by atoms with Gasteiger partial charge in [0, 0.05) is 29.9 Å². The van der Waals surface area contributed by atoms with Crippen LogP contribution in [0.2, 0.25) is 0 Å². The summed E-state index contributed by atoms with van der Waals surface area (Å²) in [6.07, 6.45) is 3.43. The Morgan fingerprint density at radius 2 is 1.79 bits per heavy atom. The number of hydrogen-bond donors (Lipinski definition) is 4. The Balaban J connectivity index is 2.06. The summed E-state index contributed by atoms with van der Waals surface area (Å²) in [5, 5.41) is 15.4. The molecule has 0 radical (unpaired) electrons. The van der Waals surface area contributed by atoms with Gasteiger partial charge in [0.2, 0.25) is 0 Å². The summed E-state index contributed by atoms with van der Waals surface area (Å²) < 4.78 is 1.65. The van der Waals surface area contributed by atoms with Gasteiger partial charge in [0.15, 0.2) is 0 Å². The van der Waals surface area contributed by atoms with Crippen molar-refractivity contribution in [3.63, 3.8) is 0 Å².